The number of ether oxygens (including phenoxy) is 1. The first-order valence-electron chi connectivity index (χ1n) is 11.9. The Bertz CT molecular complexity index is 1150. The highest BCUT2D eigenvalue weighted by atomic mass is 19.4. The van der Waals surface area contributed by atoms with Crippen LogP contribution in [0.3, 0.4) is 0 Å². The first-order chi connectivity index (χ1) is 16.1. The molecule has 182 valence electrons. The number of imidazole rings is 1. The van der Waals surface area contributed by atoms with E-state index >= 15 is 0 Å². The molecule has 34 heavy (non-hydrogen) atoms. The third kappa shape index (κ3) is 4.84. The van der Waals surface area contributed by atoms with Gasteiger partial charge in [0.15, 0.2) is 0 Å². The van der Waals surface area contributed by atoms with Crippen LogP contribution in [0, 0.1) is 17.8 Å². The van der Waals surface area contributed by atoms with Gasteiger partial charge in [0, 0.05) is 5.56 Å². The molecule has 3 aromatic rings. The van der Waals surface area contributed by atoms with Crippen molar-refractivity contribution >= 4 is 17.0 Å². The van der Waals surface area contributed by atoms with E-state index in [2.05, 4.69) is 25.8 Å². The zero-order chi connectivity index (χ0) is 24.6. The lowest BCUT2D eigenvalue weighted by molar-refractivity contribution is -0.159. The predicted molar refractivity (Wildman–Crippen MR) is 126 cm³/mol. The molecular weight excluding hydrogens is 441 g/mol. The van der Waals surface area contributed by atoms with E-state index in [1.165, 1.54) is 12.1 Å². The number of benzene rings is 2. The van der Waals surface area contributed by atoms with Gasteiger partial charge in [0.2, 0.25) is 0 Å². The summed E-state index contributed by atoms with van der Waals surface area (Å²) in [5.41, 5.74) is 1.19. The van der Waals surface area contributed by atoms with E-state index < -0.39 is 17.8 Å². The molecule has 0 saturated heterocycles. The molecule has 1 heterocycles. The quantitative estimate of drug-likeness (QED) is 0.366. The Hall–Kier alpha value is -2.83. The summed E-state index contributed by atoms with van der Waals surface area (Å²) in [7, 11) is 0. The van der Waals surface area contributed by atoms with Crippen LogP contribution in [0.1, 0.15) is 58.6 Å². The molecule has 0 spiro atoms. The Morgan fingerprint density at radius 2 is 1.74 bits per heavy atom. The van der Waals surface area contributed by atoms with Gasteiger partial charge in [-0.25, -0.2) is 9.78 Å². The van der Waals surface area contributed by atoms with Crippen LogP contribution in [-0.2, 0) is 15.7 Å². The summed E-state index contributed by atoms with van der Waals surface area (Å²) in [6.07, 6.45) is -1.53. The molecule has 0 bridgehead atoms. The highest BCUT2D eigenvalue weighted by Gasteiger charge is 2.35. The fourth-order valence-corrected chi connectivity index (χ4v) is 5.05. The van der Waals surface area contributed by atoms with Crippen molar-refractivity contribution in [3.63, 3.8) is 0 Å². The molecule has 1 saturated carbocycles. The van der Waals surface area contributed by atoms with E-state index in [9.17, 15) is 18.0 Å². The minimum atomic E-state index is -4.42. The van der Waals surface area contributed by atoms with Crippen molar-refractivity contribution in [3.8, 4) is 11.4 Å². The molecule has 7 heteroatoms. The molecule has 4 nitrogen and oxygen atoms in total. The van der Waals surface area contributed by atoms with E-state index in [1.54, 1.807) is 11.5 Å². The molecule has 2 aromatic carbocycles. The highest BCUT2D eigenvalue weighted by Crippen LogP contribution is 2.37. The van der Waals surface area contributed by atoms with Crippen molar-refractivity contribution in [2.45, 2.75) is 65.3 Å². The Balaban J connectivity index is 1.68. The summed E-state index contributed by atoms with van der Waals surface area (Å²) in [6.45, 7) is 8.28. The van der Waals surface area contributed by atoms with Crippen LogP contribution >= 0.6 is 0 Å². The number of nitrogens with zero attached hydrogens (tertiary/aromatic N) is 2. The maximum atomic E-state index is 13.4. The molecule has 4 rings (SSSR count). The summed E-state index contributed by atoms with van der Waals surface area (Å²) in [4.78, 5) is 18.0. The van der Waals surface area contributed by atoms with Crippen molar-refractivity contribution in [1.82, 2.24) is 9.55 Å². The van der Waals surface area contributed by atoms with Gasteiger partial charge in [-0.1, -0.05) is 51.5 Å². The van der Waals surface area contributed by atoms with Crippen LogP contribution in [0.2, 0.25) is 0 Å². The van der Waals surface area contributed by atoms with Crippen LogP contribution in [0.4, 0.5) is 13.2 Å². The number of hydrogen-bond donors (Lipinski definition) is 0. The van der Waals surface area contributed by atoms with E-state index in [0.29, 0.717) is 34.7 Å². The number of esters is 1. The second-order valence-electron chi connectivity index (χ2n) is 9.85. The number of alkyl halides is 3. The highest BCUT2D eigenvalue weighted by molar-refractivity contribution is 5.84. The largest absolute Gasteiger partial charge is 0.461 e. The second kappa shape index (κ2) is 9.43. The van der Waals surface area contributed by atoms with Crippen LogP contribution in [0.25, 0.3) is 22.4 Å². The molecule has 1 aliphatic carbocycles. The monoisotopic (exact) mass is 472 g/mol. The Morgan fingerprint density at radius 1 is 1.06 bits per heavy atom. The Labute approximate surface area is 198 Å². The Kier molecular flexibility index (Phi) is 6.74. The zero-order valence-electron chi connectivity index (χ0n) is 20.0. The summed E-state index contributed by atoms with van der Waals surface area (Å²) < 4.78 is 47.0. The fourth-order valence-electron chi connectivity index (χ4n) is 5.05. The van der Waals surface area contributed by atoms with Crippen molar-refractivity contribution in [2.24, 2.45) is 17.8 Å². The van der Waals surface area contributed by atoms with Crippen LogP contribution in [0.15, 0.2) is 48.5 Å². The van der Waals surface area contributed by atoms with E-state index in [4.69, 9.17) is 4.74 Å². The molecule has 0 radical (unpaired) electrons. The standard InChI is InChI=1S/C27H31F3N2O2/c1-16(2)21-14-9-17(3)15-24(21)34-26(33)18(4)32-23-8-6-5-7-22(23)31-25(32)19-10-12-20(13-11-19)27(28,29)30/h5-8,10-13,16-18,21,24H,9,14-15H2,1-4H3/t17-,18-,21?,24-/m1/s1. The smallest absolute Gasteiger partial charge is 0.416 e. The molecule has 1 aliphatic rings. The molecule has 0 amide bonds. The number of hydrogen-bond acceptors (Lipinski definition) is 3. The van der Waals surface area contributed by atoms with Crippen molar-refractivity contribution < 1.29 is 22.7 Å². The first kappa shape index (κ1) is 24.3. The number of fused-ring (bicyclic) bond motifs is 1. The maximum absolute atomic E-state index is 13.4. The van der Waals surface area contributed by atoms with Crippen LogP contribution < -0.4 is 0 Å². The van der Waals surface area contributed by atoms with Gasteiger partial charge < -0.3 is 9.30 Å². The van der Waals surface area contributed by atoms with Crippen molar-refractivity contribution in [1.29, 1.82) is 0 Å². The average molecular weight is 473 g/mol. The molecule has 1 unspecified atom stereocenters. The number of para-hydroxylation sites is 2. The minimum absolute atomic E-state index is 0.136. The van der Waals surface area contributed by atoms with E-state index in [1.807, 2.05) is 24.3 Å². The average Bonchev–Trinajstić information content (AvgIpc) is 3.17. The molecule has 0 N–H and O–H groups in total. The first-order valence-corrected chi connectivity index (χ1v) is 11.9. The second-order valence-corrected chi connectivity index (χ2v) is 9.85. The van der Waals surface area contributed by atoms with Crippen molar-refractivity contribution in [3.05, 3.63) is 54.1 Å². The Morgan fingerprint density at radius 3 is 2.38 bits per heavy atom. The number of rotatable bonds is 5. The summed E-state index contributed by atoms with van der Waals surface area (Å²) in [5, 5.41) is 0. The number of carbonyl (C=O) groups excluding carboxylic acids is 1. The number of halogens is 3. The lowest BCUT2D eigenvalue weighted by Crippen LogP contribution is -2.37. The normalized spacial score (nSPS) is 22.2. The lowest BCUT2D eigenvalue weighted by Gasteiger charge is -2.37. The van der Waals surface area contributed by atoms with E-state index in [0.717, 1.165) is 36.9 Å². The zero-order valence-corrected chi connectivity index (χ0v) is 20.0. The van der Waals surface area contributed by atoms with Gasteiger partial charge in [0.25, 0.3) is 0 Å². The summed E-state index contributed by atoms with van der Waals surface area (Å²) in [6, 6.07) is 11.6. The third-order valence-electron chi connectivity index (χ3n) is 7.02. The van der Waals surface area contributed by atoms with E-state index in [-0.39, 0.29) is 12.1 Å². The van der Waals surface area contributed by atoms with Gasteiger partial charge in [0.1, 0.15) is 18.0 Å². The minimum Gasteiger partial charge on any atom is -0.461 e. The predicted octanol–water partition coefficient (Wildman–Crippen LogP) is 7.29. The van der Waals surface area contributed by atoms with Gasteiger partial charge in [0.05, 0.1) is 16.6 Å². The summed E-state index contributed by atoms with van der Waals surface area (Å²) in [5.74, 6) is 1.33. The number of aromatic nitrogens is 2. The van der Waals surface area contributed by atoms with Gasteiger partial charge in [-0.2, -0.15) is 13.2 Å². The van der Waals surface area contributed by atoms with Gasteiger partial charge in [-0.15, -0.1) is 0 Å². The summed E-state index contributed by atoms with van der Waals surface area (Å²) >= 11 is 0. The van der Waals surface area contributed by atoms with Crippen LogP contribution in [-0.4, -0.2) is 21.6 Å². The SMILES string of the molecule is CC(C)C1CC[C@@H](C)C[C@H]1OC(=O)[C@@H](C)n1c(-c2ccc(C(F)(F)F)cc2)nc2ccccc21. The molecule has 1 aromatic heterocycles. The third-order valence-corrected chi connectivity index (χ3v) is 7.02. The molecule has 0 aliphatic heterocycles. The van der Waals surface area contributed by atoms with Gasteiger partial charge in [-0.3, -0.25) is 0 Å². The van der Waals surface area contributed by atoms with Gasteiger partial charge in [-0.05, 0) is 61.8 Å². The number of carbonyl (C=O) groups is 1. The molecule has 4 atom stereocenters. The topological polar surface area (TPSA) is 44.1 Å². The molecular formula is C27H31F3N2O2. The van der Waals surface area contributed by atoms with Crippen molar-refractivity contribution in [2.75, 3.05) is 0 Å². The van der Waals surface area contributed by atoms with Crippen LogP contribution in [0.5, 0.6) is 0 Å². The maximum Gasteiger partial charge on any atom is 0.416 e. The fraction of sp³-hybridized carbons (Fsp3) is 0.481. The van der Waals surface area contributed by atoms with Gasteiger partial charge >= 0.3 is 12.1 Å². The molecule has 1 fully saturated rings. The lowest BCUT2D eigenvalue weighted by atomic mass is 9.75.